The molecule has 0 saturated carbocycles. The molecular weight excluding hydrogens is 305 g/mol. The summed E-state index contributed by atoms with van der Waals surface area (Å²) in [7, 11) is 0. The Balaban J connectivity index is 2.62. The van der Waals surface area contributed by atoms with Crippen LogP contribution in [0, 0.1) is 5.92 Å². The largest absolute Gasteiger partial charge is 0.487 e. The number of halogens is 3. The lowest BCUT2D eigenvalue weighted by atomic mass is 10.2. The van der Waals surface area contributed by atoms with Gasteiger partial charge in [0.2, 0.25) is 0 Å². The fourth-order valence-electron chi connectivity index (χ4n) is 1.58. The van der Waals surface area contributed by atoms with E-state index in [9.17, 15) is 0 Å². The molecule has 0 aromatic heterocycles. The van der Waals surface area contributed by atoms with E-state index in [4.69, 9.17) is 39.5 Å². The van der Waals surface area contributed by atoms with Crippen LogP contribution < -0.4 is 10.1 Å². The normalized spacial score (nSPS) is 12.8. The van der Waals surface area contributed by atoms with E-state index in [1.807, 2.05) is 0 Å². The number of benzene rings is 1. The van der Waals surface area contributed by atoms with Crippen LogP contribution in [0.3, 0.4) is 0 Å². The van der Waals surface area contributed by atoms with Gasteiger partial charge in [-0.05, 0) is 24.9 Å². The van der Waals surface area contributed by atoms with Crippen LogP contribution in [0.2, 0.25) is 15.1 Å². The molecule has 0 aliphatic rings. The number of hydrogen-bond acceptors (Lipinski definition) is 2. The summed E-state index contributed by atoms with van der Waals surface area (Å²) in [6.07, 6.45) is 0.954. The predicted octanol–water partition coefficient (Wildman–Crippen LogP) is 5.05. The Morgan fingerprint density at radius 1 is 1.05 bits per heavy atom. The molecule has 0 bridgehead atoms. The maximum Gasteiger partial charge on any atom is 0.139 e. The van der Waals surface area contributed by atoms with Crippen LogP contribution in [-0.4, -0.2) is 19.2 Å². The topological polar surface area (TPSA) is 21.3 Å². The zero-order chi connectivity index (χ0) is 14.4. The first kappa shape index (κ1) is 16.9. The molecule has 0 radical (unpaired) electrons. The Bertz CT molecular complexity index is 410. The third-order valence-electron chi connectivity index (χ3n) is 2.65. The number of hydrogen-bond donors (Lipinski definition) is 1. The molecule has 2 nitrogen and oxygen atoms in total. The second-order valence-corrected chi connectivity index (χ2v) is 6.12. The maximum atomic E-state index is 6.10. The fraction of sp³-hybridized carbons (Fsp3) is 0.571. The standard InChI is InChI=1S/C14H20Cl3NO/c1-4-10(8-18-7-9(2)3)19-14-6-12(16)11(15)5-13(14)17/h5-6,9-10,18H,4,7-8H2,1-3H3. The predicted molar refractivity (Wildman–Crippen MR) is 83.9 cm³/mol. The third-order valence-corrected chi connectivity index (χ3v) is 3.67. The molecule has 0 spiro atoms. The Hall–Kier alpha value is -0.150. The second kappa shape index (κ2) is 8.21. The Kier molecular flexibility index (Phi) is 7.30. The summed E-state index contributed by atoms with van der Waals surface area (Å²) < 4.78 is 5.87. The highest BCUT2D eigenvalue weighted by atomic mass is 35.5. The van der Waals surface area contributed by atoms with E-state index in [-0.39, 0.29) is 6.10 Å². The van der Waals surface area contributed by atoms with Crippen molar-refractivity contribution in [1.82, 2.24) is 5.32 Å². The molecule has 0 fully saturated rings. The first-order chi connectivity index (χ1) is 8.93. The molecule has 1 unspecified atom stereocenters. The molecule has 0 amide bonds. The number of ether oxygens (including phenoxy) is 1. The molecule has 1 aromatic rings. The van der Waals surface area contributed by atoms with Crippen LogP contribution in [0.15, 0.2) is 12.1 Å². The third kappa shape index (κ3) is 5.78. The van der Waals surface area contributed by atoms with E-state index in [1.165, 1.54) is 0 Å². The maximum absolute atomic E-state index is 6.10. The van der Waals surface area contributed by atoms with Gasteiger partial charge in [0.05, 0.1) is 15.1 Å². The van der Waals surface area contributed by atoms with E-state index >= 15 is 0 Å². The summed E-state index contributed by atoms with van der Waals surface area (Å²) in [4.78, 5) is 0. The lowest BCUT2D eigenvalue weighted by Gasteiger charge is -2.20. The van der Waals surface area contributed by atoms with E-state index in [1.54, 1.807) is 12.1 Å². The van der Waals surface area contributed by atoms with Crippen molar-refractivity contribution in [1.29, 1.82) is 0 Å². The van der Waals surface area contributed by atoms with Crippen molar-refractivity contribution in [3.8, 4) is 5.75 Å². The fourth-order valence-corrected chi connectivity index (χ4v) is 2.16. The highest BCUT2D eigenvalue weighted by Crippen LogP contribution is 2.34. The summed E-state index contributed by atoms with van der Waals surface area (Å²) in [5.41, 5.74) is 0. The first-order valence-corrected chi connectivity index (χ1v) is 7.59. The van der Waals surface area contributed by atoms with Crippen molar-refractivity contribution >= 4 is 34.8 Å². The van der Waals surface area contributed by atoms with Crippen LogP contribution in [0.4, 0.5) is 0 Å². The van der Waals surface area contributed by atoms with Gasteiger partial charge >= 0.3 is 0 Å². The molecule has 0 aliphatic carbocycles. The highest BCUT2D eigenvalue weighted by Gasteiger charge is 2.13. The molecule has 0 saturated heterocycles. The number of rotatable bonds is 7. The van der Waals surface area contributed by atoms with Crippen LogP contribution in [0.1, 0.15) is 27.2 Å². The van der Waals surface area contributed by atoms with Gasteiger partial charge in [-0.3, -0.25) is 0 Å². The Morgan fingerprint density at radius 2 is 1.68 bits per heavy atom. The van der Waals surface area contributed by atoms with Crippen molar-refractivity contribution in [2.45, 2.75) is 33.3 Å². The molecule has 1 rings (SSSR count). The van der Waals surface area contributed by atoms with Crippen LogP contribution in [0.25, 0.3) is 0 Å². The van der Waals surface area contributed by atoms with E-state index in [2.05, 4.69) is 26.1 Å². The summed E-state index contributed by atoms with van der Waals surface area (Å²) in [6, 6.07) is 3.27. The van der Waals surface area contributed by atoms with Gasteiger partial charge in [-0.2, -0.15) is 0 Å². The first-order valence-electron chi connectivity index (χ1n) is 6.46. The van der Waals surface area contributed by atoms with Gasteiger partial charge in [-0.15, -0.1) is 0 Å². The van der Waals surface area contributed by atoms with Gasteiger partial charge in [0, 0.05) is 12.6 Å². The second-order valence-electron chi connectivity index (χ2n) is 4.90. The monoisotopic (exact) mass is 323 g/mol. The molecule has 5 heteroatoms. The van der Waals surface area contributed by atoms with Gasteiger partial charge in [-0.1, -0.05) is 55.6 Å². The molecule has 108 valence electrons. The smallest absolute Gasteiger partial charge is 0.139 e. The SMILES string of the molecule is CCC(CNCC(C)C)Oc1cc(Cl)c(Cl)cc1Cl. The van der Waals surface area contributed by atoms with Crippen molar-refractivity contribution < 1.29 is 4.74 Å². The molecular formula is C14H20Cl3NO. The van der Waals surface area contributed by atoms with Gasteiger partial charge in [0.1, 0.15) is 11.9 Å². The molecule has 19 heavy (non-hydrogen) atoms. The minimum absolute atomic E-state index is 0.0634. The van der Waals surface area contributed by atoms with E-state index in [0.717, 1.165) is 19.5 Å². The molecule has 0 aliphatic heterocycles. The minimum Gasteiger partial charge on any atom is -0.487 e. The van der Waals surface area contributed by atoms with Gasteiger partial charge < -0.3 is 10.1 Å². The van der Waals surface area contributed by atoms with Gasteiger partial charge in [0.15, 0.2) is 0 Å². The lowest BCUT2D eigenvalue weighted by molar-refractivity contribution is 0.192. The molecule has 1 N–H and O–H groups in total. The van der Waals surface area contributed by atoms with Crippen molar-refractivity contribution in [3.63, 3.8) is 0 Å². The average Bonchev–Trinajstić information content (AvgIpc) is 2.33. The van der Waals surface area contributed by atoms with Crippen LogP contribution in [-0.2, 0) is 0 Å². The summed E-state index contributed by atoms with van der Waals surface area (Å²) in [6.45, 7) is 8.17. The van der Waals surface area contributed by atoms with Crippen molar-refractivity contribution in [3.05, 3.63) is 27.2 Å². The number of nitrogens with one attached hydrogen (secondary N) is 1. The average molecular weight is 325 g/mol. The van der Waals surface area contributed by atoms with Crippen LogP contribution >= 0.6 is 34.8 Å². The minimum atomic E-state index is 0.0634. The quantitative estimate of drug-likeness (QED) is 0.709. The van der Waals surface area contributed by atoms with Gasteiger partial charge in [-0.25, -0.2) is 0 Å². The Labute approximate surface area is 130 Å². The summed E-state index contributed by atoms with van der Waals surface area (Å²) >= 11 is 18.0. The summed E-state index contributed by atoms with van der Waals surface area (Å²) in [5, 5.41) is 4.74. The zero-order valence-electron chi connectivity index (χ0n) is 11.5. The molecule has 0 heterocycles. The van der Waals surface area contributed by atoms with Crippen molar-refractivity contribution in [2.24, 2.45) is 5.92 Å². The molecule has 1 atom stereocenters. The summed E-state index contributed by atoms with van der Waals surface area (Å²) in [5.74, 6) is 1.19. The lowest BCUT2D eigenvalue weighted by Crippen LogP contribution is -2.33. The highest BCUT2D eigenvalue weighted by molar-refractivity contribution is 6.43. The molecule has 1 aromatic carbocycles. The van der Waals surface area contributed by atoms with E-state index < -0.39 is 0 Å². The van der Waals surface area contributed by atoms with Crippen LogP contribution in [0.5, 0.6) is 5.75 Å². The van der Waals surface area contributed by atoms with Gasteiger partial charge in [0.25, 0.3) is 0 Å². The van der Waals surface area contributed by atoms with Crippen molar-refractivity contribution in [2.75, 3.05) is 13.1 Å². The zero-order valence-corrected chi connectivity index (χ0v) is 13.7. The van der Waals surface area contributed by atoms with E-state index in [0.29, 0.717) is 26.7 Å². The Morgan fingerprint density at radius 3 is 2.26 bits per heavy atom.